The lowest BCUT2D eigenvalue weighted by Gasteiger charge is -2.10. The van der Waals surface area contributed by atoms with Gasteiger partial charge in [-0.05, 0) is 6.92 Å². The summed E-state index contributed by atoms with van der Waals surface area (Å²) < 4.78 is 4.94. The Hall–Kier alpha value is 1.05. The Morgan fingerprint density at radius 1 is 1.50 bits per heavy atom. The van der Waals surface area contributed by atoms with Gasteiger partial charge in [0.2, 0.25) is 0 Å². The number of alkyl halides is 2. The summed E-state index contributed by atoms with van der Waals surface area (Å²) in [7, 11) is -0.873. The van der Waals surface area contributed by atoms with Crippen molar-refractivity contribution in [3.05, 3.63) is 0 Å². The van der Waals surface area contributed by atoms with Gasteiger partial charge in [-0.15, -0.1) is 34.3 Å². The smallest absolute Gasteiger partial charge is 0.258 e. The van der Waals surface area contributed by atoms with E-state index in [4.69, 9.17) is 38.7 Å². The van der Waals surface area contributed by atoms with E-state index < -0.39 is 13.9 Å². The van der Waals surface area contributed by atoms with E-state index >= 15 is 0 Å². The maximum atomic E-state index is 5.41. The lowest BCUT2D eigenvalue weighted by molar-refractivity contribution is 0.256. The molecule has 1 unspecified atom stereocenters. The number of rotatable bonds is 3. The Bertz CT molecular complexity index is 60.5. The Labute approximate surface area is 65.9 Å². The average Bonchev–Trinajstić information content (AvgIpc) is 1.67. The zero-order valence-corrected chi connectivity index (χ0v) is 8.09. The molecule has 0 aliphatic heterocycles. The predicted molar refractivity (Wildman–Crippen MR) is 40.4 cm³/mol. The molecule has 0 saturated carbocycles. The maximum absolute atomic E-state index is 5.41. The molecule has 0 N–H and O–H groups in total. The van der Waals surface area contributed by atoms with E-state index in [1.807, 2.05) is 0 Å². The summed E-state index contributed by atoms with van der Waals surface area (Å²) in [5.74, 6) is 0. The third-order valence-corrected chi connectivity index (χ3v) is 2.42. The Morgan fingerprint density at radius 3 is 2.12 bits per heavy atom. The Balaban J connectivity index is 3.17. The first-order valence-electron chi connectivity index (χ1n) is 2.14. The fourth-order valence-electron chi connectivity index (χ4n) is 0.172. The van der Waals surface area contributed by atoms with Crippen LogP contribution in [0.3, 0.4) is 0 Å². The number of halogens is 3. The minimum atomic E-state index is -0.873. The SMILES string of the molecule is CC(O[SiH2]Cl)C(Cl)Cl. The largest absolute Gasteiger partial charge is 0.403 e. The van der Waals surface area contributed by atoms with Crippen molar-refractivity contribution in [2.24, 2.45) is 0 Å². The lowest BCUT2D eigenvalue weighted by atomic mass is 10.5. The quantitative estimate of drug-likeness (QED) is 0.374. The van der Waals surface area contributed by atoms with Crippen LogP contribution < -0.4 is 0 Å². The fraction of sp³-hybridized carbons (Fsp3) is 1.00. The van der Waals surface area contributed by atoms with E-state index in [0.29, 0.717) is 0 Å². The van der Waals surface area contributed by atoms with Crippen LogP contribution in [0.1, 0.15) is 6.92 Å². The van der Waals surface area contributed by atoms with Crippen LogP contribution in [0.4, 0.5) is 0 Å². The van der Waals surface area contributed by atoms with Gasteiger partial charge in [0.15, 0.2) is 0 Å². The van der Waals surface area contributed by atoms with Gasteiger partial charge in [0.25, 0.3) is 9.07 Å². The van der Waals surface area contributed by atoms with Crippen LogP contribution in [0, 0.1) is 0 Å². The number of hydrogen-bond acceptors (Lipinski definition) is 1. The molecule has 0 aromatic rings. The molecule has 5 heteroatoms. The molecule has 0 aliphatic rings. The second kappa shape index (κ2) is 4.88. The van der Waals surface area contributed by atoms with Gasteiger partial charge in [-0.1, -0.05) is 0 Å². The average molecular weight is 194 g/mol. The summed E-state index contributed by atoms with van der Waals surface area (Å²) in [4.78, 5) is -0.457. The molecule has 0 amide bonds. The van der Waals surface area contributed by atoms with Crippen molar-refractivity contribution in [1.29, 1.82) is 0 Å². The summed E-state index contributed by atoms with van der Waals surface area (Å²) in [6.07, 6.45) is -0.123. The highest BCUT2D eigenvalue weighted by molar-refractivity contribution is 6.90. The Morgan fingerprint density at radius 2 is 2.00 bits per heavy atom. The van der Waals surface area contributed by atoms with Crippen molar-refractivity contribution in [2.45, 2.75) is 17.9 Å². The summed E-state index contributed by atoms with van der Waals surface area (Å²) in [6.45, 7) is 1.79. The maximum Gasteiger partial charge on any atom is 0.258 e. The van der Waals surface area contributed by atoms with Gasteiger partial charge in [0.05, 0.1) is 6.10 Å². The molecular formula is C3H7Cl3OSi. The van der Waals surface area contributed by atoms with Crippen LogP contribution in [0.15, 0.2) is 0 Å². The van der Waals surface area contributed by atoms with Crippen LogP contribution in [-0.4, -0.2) is 20.0 Å². The molecule has 0 bridgehead atoms. The molecule has 0 aromatic heterocycles. The van der Waals surface area contributed by atoms with E-state index in [-0.39, 0.29) is 6.10 Å². The summed E-state index contributed by atoms with van der Waals surface area (Å²) in [6, 6.07) is 0. The monoisotopic (exact) mass is 192 g/mol. The van der Waals surface area contributed by atoms with Crippen molar-refractivity contribution in [3.8, 4) is 0 Å². The molecule has 0 radical (unpaired) electrons. The summed E-state index contributed by atoms with van der Waals surface area (Å²) >= 11 is 16.2. The van der Waals surface area contributed by atoms with E-state index in [0.717, 1.165) is 0 Å². The molecule has 1 atom stereocenters. The van der Waals surface area contributed by atoms with Gasteiger partial charge in [0, 0.05) is 0 Å². The van der Waals surface area contributed by atoms with Crippen molar-refractivity contribution in [3.63, 3.8) is 0 Å². The second-order valence-corrected chi connectivity index (χ2v) is 3.69. The standard InChI is InChI=1S/C3H7Cl3OSi/c1-2(3(4)5)7-8-6/h2-3H,8H2,1H3. The zero-order valence-electron chi connectivity index (χ0n) is 4.40. The van der Waals surface area contributed by atoms with Gasteiger partial charge >= 0.3 is 0 Å². The molecule has 0 spiro atoms. The van der Waals surface area contributed by atoms with Gasteiger partial charge in [-0.3, -0.25) is 0 Å². The van der Waals surface area contributed by atoms with Gasteiger partial charge in [-0.25, -0.2) is 0 Å². The summed E-state index contributed by atoms with van der Waals surface area (Å²) in [5, 5.41) is 0. The van der Waals surface area contributed by atoms with Crippen molar-refractivity contribution in [2.75, 3.05) is 0 Å². The lowest BCUT2D eigenvalue weighted by Crippen LogP contribution is -2.16. The van der Waals surface area contributed by atoms with Crippen molar-refractivity contribution >= 4 is 43.4 Å². The molecule has 0 rings (SSSR count). The normalized spacial score (nSPS) is 16.1. The van der Waals surface area contributed by atoms with Crippen molar-refractivity contribution < 1.29 is 4.43 Å². The molecule has 0 heterocycles. The molecule has 8 heavy (non-hydrogen) atoms. The van der Waals surface area contributed by atoms with Gasteiger partial charge in [-0.2, -0.15) is 0 Å². The van der Waals surface area contributed by atoms with Gasteiger partial charge in [0.1, 0.15) is 4.84 Å². The molecular weight excluding hydrogens is 186 g/mol. The molecule has 1 nitrogen and oxygen atoms in total. The topological polar surface area (TPSA) is 9.23 Å². The van der Waals surface area contributed by atoms with Gasteiger partial charge < -0.3 is 4.43 Å². The molecule has 50 valence electrons. The van der Waals surface area contributed by atoms with E-state index in [1.165, 1.54) is 0 Å². The minimum Gasteiger partial charge on any atom is -0.403 e. The predicted octanol–water partition coefficient (Wildman–Crippen LogP) is 1.43. The van der Waals surface area contributed by atoms with E-state index in [9.17, 15) is 0 Å². The first-order chi connectivity index (χ1) is 3.68. The molecule has 0 aliphatic carbocycles. The third kappa shape index (κ3) is 3.98. The number of hydrogen-bond donors (Lipinski definition) is 0. The van der Waals surface area contributed by atoms with Crippen LogP contribution >= 0.6 is 34.3 Å². The van der Waals surface area contributed by atoms with Crippen molar-refractivity contribution in [1.82, 2.24) is 0 Å². The fourth-order valence-corrected chi connectivity index (χ4v) is 1.55. The highest BCUT2D eigenvalue weighted by Crippen LogP contribution is 2.09. The van der Waals surface area contributed by atoms with E-state index in [1.54, 1.807) is 6.92 Å². The van der Waals surface area contributed by atoms with Crippen LogP contribution in [0.5, 0.6) is 0 Å². The molecule has 0 saturated heterocycles. The first kappa shape index (κ1) is 9.05. The zero-order chi connectivity index (χ0) is 6.57. The minimum absolute atomic E-state index is 0.123. The second-order valence-electron chi connectivity index (χ2n) is 1.32. The third-order valence-electron chi connectivity index (χ3n) is 0.681. The Kier molecular flexibility index (Phi) is 5.52. The van der Waals surface area contributed by atoms with Crippen LogP contribution in [-0.2, 0) is 4.43 Å². The van der Waals surface area contributed by atoms with Crippen LogP contribution in [0.25, 0.3) is 0 Å². The van der Waals surface area contributed by atoms with Crippen LogP contribution in [0.2, 0.25) is 0 Å². The molecule has 0 aromatic carbocycles. The highest BCUT2D eigenvalue weighted by Gasteiger charge is 2.09. The molecule has 0 fully saturated rings. The van der Waals surface area contributed by atoms with E-state index in [2.05, 4.69) is 0 Å². The first-order valence-corrected chi connectivity index (χ1v) is 5.73. The summed E-state index contributed by atoms with van der Waals surface area (Å²) in [5.41, 5.74) is 0. The highest BCUT2D eigenvalue weighted by atomic mass is 35.6.